The summed E-state index contributed by atoms with van der Waals surface area (Å²) in [5.74, 6) is -0.380. The quantitative estimate of drug-likeness (QED) is 0.474. The van der Waals surface area contributed by atoms with Crippen molar-refractivity contribution < 1.29 is 21.6 Å². The Morgan fingerprint density at radius 1 is 0.938 bits per heavy atom. The van der Waals surface area contributed by atoms with Gasteiger partial charge in [-0.15, -0.1) is 12.4 Å². The zero-order valence-electron chi connectivity index (χ0n) is 18.0. The number of aromatic nitrogens is 1. The van der Waals surface area contributed by atoms with Gasteiger partial charge in [0.05, 0.1) is 20.0 Å². The number of amides is 1. The van der Waals surface area contributed by atoms with E-state index in [0.717, 1.165) is 12.5 Å². The molecule has 0 aliphatic heterocycles. The minimum atomic E-state index is -3.46. The van der Waals surface area contributed by atoms with Gasteiger partial charge in [0.1, 0.15) is 0 Å². The fourth-order valence-electron chi connectivity index (χ4n) is 2.84. The molecule has 0 bridgehead atoms. The molecule has 174 valence electrons. The topological polar surface area (TPSA) is 105 Å². The Hall–Kier alpha value is -2.05. The van der Waals surface area contributed by atoms with Crippen LogP contribution in [0.15, 0.2) is 52.3 Å². The maximum absolute atomic E-state index is 13.3. The first kappa shape index (κ1) is 26.2. The molecule has 1 heterocycles. The Balaban J connectivity index is 0.00000363. The molecule has 0 radical (unpaired) electrons. The van der Waals surface area contributed by atoms with E-state index in [9.17, 15) is 21.6 Å². The lowest BCUT2D eigenvalue weighted by molar-refractivity contribution is 0.0985. The second kappa shape index (κ2) is 9.84. The van der Waals surface area contributed by atoms with E-state index in [0.29, 0.717) is 28.4 Å². The standard InChI is InChI=1S/C20H23N3O5S3.ClH/c1-22(2)10-11-23(19(24)14-6-5-7-15(12-14)30(3,25)26)20-21-17-9-8-16(31(4,27)28)13-18(17)29-20;/h5-9,12-13H,10-11H2,1-4H3;1H. The largest absolute Gasteiger partial charge is 0.308 e. The number of benzene rings is 2. The number of halogens is 1. The van der Waals surface area contributed by atoms with Crippen LogP contribution in [-0.2, 0) is 19.7 Å². The lowest BCUT2D eigenvalue weighted by Gasteiger charge is -2.22. The van der Waals surface area contributed by atoms with Gasteiger partial charge in [-0.05, 0) is 50.5 Å². The molecule has 2 aromatic carbocycles. The molecule has 0 saturated heterocycles. The third kappa shape index (κ3) is 6.04. The van der Waals surface area contributed by atoms with E-state index in [1.807, 2.05) is 19.0 Å². The molecule has 3 rings (SSSR count). The zero-order chi connectivity index (χ0) is 23.0. The van der Waals surface area contributed by atoms with E-state index in [1.54, 1.807) is 18.2 Å². The fourth-order valence-corrected chi connectivity index (χ4v) is 5.26. The molecule has 1 amide bonds. The van der Waals surface area contributed by atoms with Crippen LogP contribution < -0.4 is 4.90 Å². The molecular formula is C20H24ClN3O5S3. The number of likely N-dealkylation sites (N-methyl/N-ethyl adjacent to an activating group) is 1. The lowest BCUT2D eigenvalue weighted by Crippen LogP contribution is -2.36. The highest BCUT2D eigenvalue weighted by Crippen LogP contribution is 2.31. The lowest BCUT2D eigenvalue weighted by atomic mass is 10.2. The monoisotopic (exact) mass is 517 g/mol. The number of hydrogen-bond donors (Lipinski definition) is 0. The van der Waals surface area contributed by atoms with Crippen LogP contribution in [0.3, 0.4) is 0 Å². The maximum atomic E-state index is 13.3. The van der Waals surface area contributed by atoms with E-state index in [4.69, 9.17) is 0 Å². The van der Waals surface area contributed by atoms with Crippen LogP contribution >= 0.6 is 23.7 Å². The van der Waals surface area contributed by atoms with Crippen molar-refractivity contribution in [1.29, 1.82) is 0 Å². The van der Waals surface area contributed by atoms with Crippen LogP contribution in [0, 0.1) is 0 Å². The first-order chi connectivity index (χ1) is 14.4. The molecule has 0 aliphatic rings. The molecule has 0 atom stereocenters. The van der Waals surface area contributed by atoms with Gasteiger partial charge < -0.3 is 4.90 Å². The molecule has 32 heavy (non-hydrogen) atoms. The fraction of sp³-hybridized carbons (Fsp3) is 0.300. The SMILES string of the molecule is CN(C)CCN(C(=O)c1cccc(S(C)(=O)=O)c1)c1nc2ccc(S(C)(=O)=O)cc2s1.Cl. The van der Waals surface area contributed by atoms with Crippen LogP contribution in [0.1, 0.15) is 10.4 Å². The first-order valence-corrected chi connectivity index (χ1v) is 13.8. The molecule has 3 aromatic rings. The van der Waals surface area contributed by atoms with Crippen molar-refractivity contribution in [1.82, 2.24) is 9.88 Å². The maximum Gasteiger partial charge on any atom is 0.260 e. The van der Waals surface area contributed by atoms with Crippen molar-refractivity contribution in [3.05, 3.63) is 48.0 Å². The van der Waals surface area contributed by atoms with Crippen molar-refractivity contribution in [3.8, 4) is 0 Å². The summed E-state index contributed by atoms with van der Waals surface area (Å²) in [7, 11) is -3.08. The summed E-state index contributed by atoms with van der Waals surface area (Å²) in [6.45, 7) is 0.885. The van der Waals surface area contributed by atoms with Crippen LogP contribution in [0.4, 0.5) is 5.13 Å². The third-order valence-electron chi connectivity index (χ3n) is 4.53. The van der Waals surface area contributed by atoms with Gasteiger partial charge >= 0.3 is 0 Å². The number of carbonyl (C=O) groups excluding carboxylic acids is 1. The number of fused-ring (bicyclic) bond motifs is 1. The van der Waals surface area contributed by atoms with Gasteiger partial charge in [-0.25, -0.2) is 21.8 Å². The Bertz CT molecular complexity index is 1350. The zero-order valence-corrected chi connectivity index (χ0v) is 21.2. The Morgan fingerprint density at radius 3 is 2.16 bits per heavy atom. The Morgan fingerprint density at radius 2 is 1.56 bits per heavy atom. The summed E-state index contributed by atoms with van der Waals surface area (Å²) in [6, 6.07) is 10.5. The average molecular weight is 518 g/mol. The van der Waals surface area contributed by atoms with Gasteiger partial charge in [-0.2, -0.15) is 0 Å². The summed E-state index contributed by atoms with van der Waals surface area (Å²) in [4.78, 5) is 21.5. The highest BCUT2D eigenvalue weighted by molar-refractivity contribution is 7.91. The van der Waals surface area contributed by atoms with Crippen LogP contribution in [-0.4, -0.2) is 72.3 Å². The number of carbonyl (C=O) groups is 1. The summed E-state index contributed by atoms with van der Waals surface area (Å²) in [6.07, 6.45) is 2.23. The molecule has 8 nitrogen and oxygen atoms in total. The minimum Gasteiger partial charge on any atom is -0.308 e. The second-order valence-corrected chi connectivity index (χ2v) is 12.5. The normalized spacial score (nSPS) is 12.0. The first-order valence-electron chi connectivity index (χ1n) is 9.23. The van der Waals surface area contributed by atoms with Gasteiger partial charge in [0.15, 0.2) is 24.8 Å². The van der Waals surface area contributed by atoms with Crippen molar-refractivity contribution in [2.24, 2.45) is 0 Å². The predicted octanol–water partition coefficient (Wildman–Crippen LogP) is 2.73. The molecule has 1 aromatic heterocycles. The van der Waals surface area contributed by atoms with Crippen molar-refractivity contribution >= 4 is 64.7 Å². The molecule has 0 spiro atoms. The van der Waals surface area contributed by atoms with Gasteiger partial charge in [-0.3, -0.25) is 9.69 Å². The molecule has 12 heteroatoms. The minimum absolute atomic E-state index is 0. The molecule has 0 unspecified atom stereocenters. The Labute approximate surface area is 198 Å². The second-order valence-electron chi connectivity index (χ2n) is 7.46. The van der Waals surface area contributed by atoms with Crippen LogP contribution in [0.5, 0.6) is 0 Å². The van der Waals surface area contributed by atoms with Crippen molar-refractivity contribution in [3.63, 3.8) is 0 Å². The number of rotatable bonds is 7. The highest BCUT2D eigenvalue weighted by Gasteiger charge is 2.23. The van der Waals surface area contributed by atoms with E-state index in [1.165, 1.54) is 40.5 Å². The molecule has 0 fully saturated rings. The molecular weight excluding hydrogens is 494 g/mol. The highest BCUT2D eigenvalue weighted by atomic mass is 35.5. The van der Waals surface area contributed by atoms with E-state index in [2.05, 4.69) is 4.98 Å². The number of hydrogen-bond acceptors (Lipinski definition) is 8. The van der Waals surface area contributed by atoms with Gasteiger partial charge in [-0.1, -0.05) is 17.4 Å². The molecule has 0 N–H and O–H groups in total. The average Bonchev–Trinajstić information content (AvgIpc) is 3.09. The molecule has 0 aliphatic carbocycles. The third-order valence-corrected chi connectivity index (χ3v) is 7.79. The van der Waals surface area contributed by atoms with Crippen molar-refractivity contribution in [2.45, 2.75) is 9.79 Å². The number of anilines is 1. The number of sulfone groups is 2. The molecule has 0 saturated carbocycles. The summed E-state index contributed by atoms with van der Waals surface area (Å²) in [5.41, 5.74) is 0.817. The van der Waals surface area contributed by atoms with E-state index >= 15 is 0 Å². The van der Waals surface area contributed by atoms with E-state index in [-0.39, 0.29) is 33.7 Å². The number of nitrogens with zero attached hydrogens (tertiary/aromatic N) is 3. The summed E-state index contributed by atoms with van der Waals surface area (Å²) < 4.78 is 48.2. The van der Waals surface area contributed by atoms with E-state index < -0.39 is 19.7 Å². The van der Waals surface area contributed by atoms with Crippen LogP contribution in [0.2, 0.25) is 0 Å². The summed E-state index contributed by atoms with van der Waals surface area (Å²) >= 11 is 1.21. The van der Waals surface area contributed by atoms with Gasteiger partial charge in [0.2, 0.25) is 0 Å². The smallest absolute Gasteiger partial charge is 0.260 e. The van der Waals surface area contributed by atoms with Gasteiger partial charge in [0.25, 0.3) is 5.91 Å². The van der Waals surface area contributed by atoms with Crippen molar-refractivity contribution in [2.75, 3.05) is 44.6 Å². The Kier molecular flexibility index (Phi) is 8.05. The van der Waals surface area contributed by atoms with Crippen LogP contribution in [0.25, 0.3) is 10.2 Å². The van der Waals surface area contributed by atoms with Gasteiger partial charge in [0, 0.05) is 31.2 Å². The predicted molar refractivity (Wildman–Crippen MR) is 130 cm³/mol. The summed E-state index contributed by atoms with van der Waals surface area (Å²) in [5, 5.41) is 0.414. The number of thiazole rings is 1.